The largest absolute Gasteiger partial charge is 0.493 e. The number of rotatable bonds is 12. The molecular formula is C42H39N3O6. The highest BCUT2D eigenvalue weighted by atomic mass is 16.5. The first kappa shape index (κ1) is 33.4. The van der Waals surface area contributed by atoms with Gasteiger partial charge in [-0.15, -0.1) is 0 Å². The van der Waals surface area contributed by atoms with Gasteiger partial charge in [0, 0.05) is 37.2 Å². The van der Waals surface area contributed by atoms with E-state index < -0.39 is 0 Å². The van der Waals surface area contributed by atoms with Crippen LogP contribution in [0.25, 0.3) is 0 Å². The van der Waals surface area contributed by atoms with Crippen LogP contribution in [0.4, 0.5) is 0 Å². The van der Waals surface area contributed by atoms with E-state index in [2.05, 4.69) is 51.4 Å². The van der Waals surface area contributed by atoms with E-state index in [9.17, 15) is 0 Å². The second-order valence-electron chi connectivity index (χ2n) is 12.3. The maximum absolute atomic E-state index is 6.36. The fourth-order valence-corrected chi connectivity index (χ4v) is 6.27. The van der Waals surface area contributed by atoms with E-state index in [4.69, 9.17) is 28.4 Å². The van der Waals surface area contributed by atoms with Crippen molar-refractivity contribution in [3.8, 4) is 34.5 Å². The van der Waals surface area contributed by atoms with Crippen LogP contribution in [0.5, 0.6) is 34.5 Å². The summed E-state index contributed by atoms with van der Waals surface area (Å²) in [7, 11) is 5.02. The number of hydrogen-bond acceptors (Lipinski definition) is 9. The summed E-state index contributed by atoms with van der Waals surface area (Å²) in [4.78, 5) is 12.4. The molecule has 0 aliphatic heterocycles. The van der Waals surface area contributed by atoms with Gasteiger partial charge in [-0.25, -0.2) is 0 Å². The summed E-state index contributed by atoms with van der Waals surface area (Å²) in [6.45, 7) is 1.17. The van der Waals surface area contributed by atoms with E-state index in [0.29, 0.717) is 73.6 Å². The molecule has 51 heavy (non-hydrogen) atoms. The van der Waals surface area contributed by atoms with Crippen LogP contribution < -0.4 is 28.4 Å². The monoisotopic (exact) mass is 681 g/mol. The average Bonchev–Trinajstić information content (AvgIpc) is 3.24. The number of fused-ring (bicyclic) bond motifs is 3. The SMILES string of the molecule is COc1cc2c(cc1OCc1ccncc1)Cc1cc(OC)c(OCc3ccncc3)cc1Cc1cc(OC)c(OCc3ccncc3)cc1C2. The van der Waals surface area contributed by atoms with Crippen LogP contribution in [-0.2, 0) is 39.1 Å². The van der Waals surface area contributed by atoms with Crippen molar-refractivity contribution < 1.29 is 28.4 Å². The minimum atomic E-state index is 0.390. The van der Waals surface area contributed by atoms with Crippen molar-refractivity contribution in [3.05, 3.63) is 160 Å². The standard InChI is InChI=1S/C42H39N3O6/c1-46-37-19-31-16-35-23-41(50-26-29-6-12-44-13-7-29)39(48-3)21-33(35)18-36-24-42(51-27-30-8-14-45-15-9-30)38(47-2)20-32(36)17-34(31)22-40(37)49-25-28-4-10-43-11-5-28/h4-15,19-24H,16-18,25-27H2,1-3H3. The highest BCUT2D eigenvalue weighted by Gasteiger charge is 2.23. The van der Waals surface area contributed by atoms with Crippen molar-refractivity contribution >= 4 is 0 Å². The van der Waals surface area contributed by atoms with E-state index in [1.54, 1.807) is 58.5 Å². The molecule has 258 valence electrons. The van der Waals surface area contributed by atoms with Crippen LogP contribution in [0.2, 0.25) is 0 Å². The molecule has 3 heterocycles. The fraction of sp³-hybridized carbons (Fsp3) is 0.214. The van der Waals surface area contributed by atoms with Gasteiger partial charge in [0.05, 0.1) is 21.3 Å². The molecular weight excluding hydrogens is 642 g/mol. The summed E-state index contributed by atoms with van der Waals surface area (Å²) in [5.41, 5.74) is 9.80. The van der Waals surface area contributed by atoms with Gasteiger partial charge in [-0.2, -0.15) is 0 Å². The third-order valence-electron chi connectivity index (χ3n) is 9.03. The molecule has 0 spiro atoms. The Kier molecular flexibility index (Phi) is 10.2. The van der Waals surface area contributed by atoms with Crippen LogP contribution in [0, 0.1) is 0 Å². The second-order valence-corrected chi connectivity index (χ2v) is 12.3. The molecule has 0 unspecified atom stereocenters. The number of ether oxygens (including phenoxy) is 6. The number of aromatic nitrogens is 3. The van der Waals surface area contributed by atoms with E-state index in [1.165, 1.54) is 0 Å². The fourth-order valence-electron chi connectivity index (χ4n) is 6.27. The van der Waals surface area contributed by atoms with Crippen molar-refractivity contribution in [2.24, 2.45) is 0 Å². The van der Waals surface area contributed by atoms with Crippen LogP contribution in [-0.4, -0.2) is 36.3 Å². The van der Waals surface area contributed by atoms with E-state index in [0.717, 1.165) is 50.1 Å². The van der Waals surface area contributed by atoms with Gasteiger partial charge >= 0.3 is 0 Å². The first-order valence-corrected chi connectivity index (χ1v) is 16.7. The molecule has 9 heteroatoms. The molecule has 0 fully saturated rings. The smallest absolute Gasteiger partial charge is 0.161 e. The van der Waals surface area contributed by atoms with Crippen molar-refractivity contribution in [3.63, 3.8) is 0 Å². The zero-order chi connectivity index (χ0) is 35.0. The Bertz CT molecular complexity index is 1850. The third-order valence-corrected chi connectivity index (χ3v) is 9.03. The number of methoxy groups -OCH3 is 3. The molecule has 0 amide bonds. The minimum absolute atomic E-state index is 0.390. The van der Waals surface area contributed by atoms with Crippen LogP contribution in [0.15, 0.2) is 110 Å². The van der Waals surface area contributed by atoms with E-state index in [-0.39, 0.29) is 0 Å². The number of hydrogen-bond donors (Lipinski definition) is 0. The van der Waals surface area contributed by atoms with Crippen molar-refractivity contribution in [2.45, 2.75) is 39.1 Å². The molecule has 0 N–H and O–H groups in total. The summed E-state index contributed by atoms with van der Waals surface area (Å²) >= 11 is 0. The predicted molar refractivity (Wildman–Crippen MR) is 193 cm³/mol. The Hall–Kier alpha value is -6.09. The normalized spacial score (nSPS) is 11.8. The van der Waals surface area contributed by atoms with Gasteiger partial charge in [-0.3, -0.25) is 15.0 Å². The molecule has 3 aromatic carbocycles. The molecule has 0 radical (unpaired) electrons. The van der Waals surface area contributed by atoms with E-state index >= 15 is 0 Å². The average molecular weight is 682 g/mol. The number of pyridine rings is 3. The van der Waals surface area contributed by atoms with Crippen LogP contribution in [0.1, 0.15) is 50.1 Å². The van der Waals surface area contributed by atoms with Gasteiger partial charge in [0.25, 0.3) is 0 Å². The van der Waals surface area contributed by atoms with Gasteiger partial charge in [0.1, 0.15) is 19.8 Å². The Morgan fingerprint density at radius 1 is 0.373 bits per heavy atom. The Labute approximate surface area is 297 Å². The van der Waals surface area contributed by atoms with Crippen LogP contribution in [0.3, 0.4) is 0 Å². The van der Waals surface area contributed by atoms with E-state index in [1.807, 2.05) is 36.4 Å². The molecule has 3 aromatic heterocycles. The molecule has 1 aliphatic rings. The summed E-state index contributed by atoms with van der Waals surface area (Å²) in [6.07, 6.45) is 12.5. The maximum Gasteiger partial charge on any atom is 0.161 e. The zero-order valence-corrected chi connectivity index (χ0v) is 28.9. The lowest BCUT2D eigenvalue weighted by molar-refractivity contribution is 0.283. The van der Waals surface area contributed by atoms with Crippen molar-refractivity contribution in [1.82, 2.24) is 15.0 Å². The lowest BCUT2D eigenvalue weighted by atomic mass is 9.94. The predicted octanol–water partition coefficient (Wildman–Crippen LogP) is 7.72. The highest BCUT2D eigenvalue weighted by Crippen LogP contribution is 2.41. The molecule has 0 saturated carbocycles. The lowest BCUT2D eigenvalue weighted by Crippen LogP contribution is -2.04. The van der Waals surface area contributed by atoms with Gasteiger partial charge < -0.3 is 28.4 Å². The van der Waals surface area contributed by atoms with Crippen molar-refractivity contribution in [2.75, 3.05) is 21.3 Å². The van der Waals surface area contributed by atoms with Gasteiger partial charge in [-0.05, 0) is 142 Å². The Balaban J connectivity index is 1.31. The van der Waals surface area contributed by atoms with Gasteiger partial charge in [-0.1, -0.05) is 0 Å². The quantitative estimate of drug-likeness (QED) is 0.129. The number of benzene rings is 3. The Morgan fingerprint density at radius 3 is 0.843 bits per heavy atom. The van der Waals surface area contributed by atoms with Gasteiger partial charge in [0.2, 0.25) is 0 Å². The topological polar surface area (TPSA) is 94.1 Å². The first-order chi connectivity index (χ1) is 25.1. The zero-order valence-electron chi connectivity index (χ0n) is 28.9. The summed E-state index contributed by atoms with van der Waals surface area (Å²) in [5.74, 6) is 4.04. The summed E-state index contributed by atoms with van der Waals surface area (Å²) in [6, 6.07) is 24.3. The molecule has 0 bridgehead atoms. The molecule has 0 atom stereocenters. The van der Waals surface area contributed by atoms with Gasteiger partial charge in [0.15, 0.2) is 34.5 Å². The third kappa shape index (κ3) is 7.88. The summed E-state index contributed by atoms with van der Waals surface area (Å²) in [5, 5.41) is 0. The second kappa shape index (κ2) is 15.6. The molecule has 9 nitrogen and oxygen atoms in total. The maximum atomic E-state index is 6.36. The molecule has 7 rings (SSSR count). The van der Waals surface area contributed by atoms with Crippen molar-refractivity contribution in [1.29, 1.82) is 0 Å². The van der Waals surface area contributed by atoms with Crippen LogP contribution >= 0.6 is 0 Å². The first-order valence-electron chi connectivity index (χ1n) is 16.7. The lowest BCUT2D eigenvalue weighted by Gasteiger charge is -2.18. The molecule has 6 aromatic rings. The molecule has 0 saturated heterocycles. The summed E-state index contributed by atoms with van der Waals surface area (Å²) < 4.78 is 36.8. The number of nitrogens with zero attached hydrogens (tertiary/aromatic N) is 3. The molecule has 1 aliphatic carbocycles. The minimum Gasteiger partial charge on any atom is -0.493 e. The Morgan fingerprint density at radius 2 is 0.608 bits per heavy atom. The highest BCUT2D eigenvalue weighted by molar-refractivity contribution is 5.58.